The molecule has 0 aliphatic carbocycles. The van der Waals surface area contributed by atoms with Gasteiger partial charge in [-0.1, -0.05) is 0 Å². The van der Waals surface area contributed by atoms with Gasteiger partial charge in [-0.2, -0.15) is 10.5 Å². The summed E-state index contributed by atoms with van der Waals surface area (Å²) in [6.07, 6.45) is -2.83. The van der Waals surface area contributed by atoms with Gasteiger partial charge in [-0.05, 0) is 6.07 Å². The number of nitrogens with zero attached hydrogens (tertiary/aromatic N) is 3. The van der Waals surface area contributed by atoms with E-state index in [1.54, 1.807) is 6.07 Å². The minimum Gasteiger partial charge on any atom is -0.254 e. The van der Waals surface area contributed by atoms with Crippen molar-refractivity contribution in [3.05, 3.63) is 28.6 Å². The van der Waals surface area contributed by atoms with Crippen LogP contribution in [0.3, 0.4) is 0 Å². The molecule has 1 heterocycles. The van der Waals surface area contributed by atoms with Gasteiger partial charge in [0.05, 0.1) is 35.3 Å². The average molecular weight is 242 g/mol. The molecule has 0 aliphatic heterocycles. The molecule has 16 heavy (non-hydrogen) atoms. The van der Waals surface area contributed by atoms with E-state index in [1.807, 2.05) is 6.07 Å². The summed E-state index contributed by atoms with van der Waals surface area (Å²) < 4.78 is 25.2. The zero-order chi connectivity index (χ0) is 12.1. The van der Waals surface area contributed by atoms with Crippen LogP contribution in [0, 0.1) is 22.7 Å². The fourth-order valence-corrected chi connectivity index (χ4v) is 1.43. The number of hydrogen-bond acceptors (Lipinski definition) is 3. The predicted molar refractivity (Wildman–Crippen MR) is 52.8 cm³/mol. The fourth-order valence-electron chi connectivity index (χ4n) is 1.21. The molecule has 0 N–H and O–H groups in total. The first-order valence-electron chi connectivity index (χ1n) is 4.27. The Morgan fingerprint density at radius 3 is 2.50 bits per heavy atom. The molecule has 0 spiro atoms. The highest BCUT2D eigenvalue weighted by Crippen LogP contribution is 2.25. The highest BCUT2D eigenvalue weighted by molar-refractivity contribution is 6.17. The quantitative estimate of drug-likeness (QED) is 0.765. The predicted octanol–water partition coefficient (Wildman–Crippen LogP) is 2.70. The molecule has 1 rings (SSSR count). The van der Waals surface area contributed by atoms with Crippen molar-refractivity contribution in [2.45, 2.75) is 18.7 Å². The van der Waals surface area contributed by atoms with Gasteiger partial charge in [-0.15, -0.1) is 11.6 Å². The van der Waals surface area contributed by atoms with Crippen molar-refractivity contribution in [1.82, 2.24) is 4.98 Å². The third kappa shape index (κ3) is 2.44. The van der Waals surface area contributed by atoms with Crippen LogP contribution in [0.5, 0.6) is 0 Å². The second-order valence-electron chi connectivity index (χ2n) is 2.90. The monoisotopic (exact) mass is 241 g/mol. The lowest BCUT2D eigenvalue weighted by Crippen LogP contribution is -2.03. The lowest BCUT2D eigenvalue weighted by molar-refractivity contribution is 0.150. The first-order valence-corrected chi connectivity index (χ1v) is 4.81. The highest BCUT2D eigenvalue weighted by atomic mass is 35.5. The number of rotatable bonds is 3. The molecule has 0 aliphatic rings. The zero-order valence-electron chi connectivity index (χ0n) is 8.04. The van der Waals surface area contributed by atoms with Gasteiger partial charge in [0, 0.05) is 5.56 Å². The smallest absolute Gasteiger partial charge is 0.254 e. The maximum Gasteiger partial charge on any atom is 0.265 e. The molecule has 0 amide bonds. The van der Waals surface area contributed by atoms with E-state index in [0.717, 1.165) is 6.07 Å². The Kier molecular flexibility index (Phi) is 4.16. The normalized spacial score (nSPS) is 9.88. The molecule has 0 fully saturated rings. The van der Waals surface area contributed by atoms with E-state index in [0.29, 0.717) is 0 Å². The van der Waals surface area contributed by atoms with Crippen molar-refractivity contribution in [2.75, 3.05) is 0 Å². The van der Waals surface area contributed by atoms with Crippen LogP contribution in [0.2, 0.25) is 0 Å². The number of alkyl halides is 3. The summed E-state index contributed by atoms with van der Waals surface area (Å²) in [7, 11) is 0. The maximum atomic E-state index is 12.6. The molecule has 6 heteroatoms. The zero-order valence-corrected chi connectivity index (χ0v) is 8.80. The van der Waals surface area contributed by atoms with Gasteiger partial charge in [-0.25, -0.2) is 8.78 Å². The van der Waals surface area contributed by atoms with Gasteiger partial charge < -0.3 is 0 Å². The first kappa shape index (κ1) is 12.4. The molecule has 1 aromatic heterocycles. The van der Waals surface area contributed by atoms with Crippen LogP contribution in [0.4, 0.5) is 8.78 Å². The molecule has 0 aromatic carbocycles. The SMILES string of the molecule is N#CCc1nc(CCl)c(C(F)F)cc1C#N. The Morgan fingerprint density at radius 2 is 2.06 bits per heavy atom. The Hall–Kier alpha value is -1.72. The molecule has 0 saturated carbocycles. The lowest BCUT2D eigenvalue weighted by Gasteiger charge is -2.08. The lowest BCUT2D eigenvalue weighted by atomic mass is 10.1. The number of nitriles is 2. The van der Waals surface area contributed by atoms with Crippen LogP contribution in [0.25, 0.3) is 0 Å². The van der Waals surface area contributed by atoms with E-state index in [-0.39, 0.29) is 34.8 Å². The van der Waals surface area contributed by atoms with Gasteiger partial charge in [-0.3, -0.25) is 4.98 Å². The minimum atomic E-state index is -2.73. The molecule has 1 aromatic rings. The summed E-state index contributed by atoms with van der Waals surface area (Å²) in [4.78, 5) is 3.82. The molecule has 0 unspecified atom stereocenters. The largest absolute Gasteiger partial charge is 0.265 e. The van der Waals surface area contributed by atoms with Gasteiger partial charge in [0.1, 0.15) is 6.07 Å². The molecule has 0 atom stereocenters. The van der Waals surface area contributed by atoms with Crippen LogP contribution < -0.4 is 0 Å². The van der Waals surface area contributed by atoms with Crippen LogP contribution in [-0.2, 0) is 12.3 Å². The third-order valence-electron chi connectivity index (χ3n) is 1.94. The average Bonchev–Trinajstić information content (AvgIpc) is 2.28. The topological polar surface area (TPSA) is 60.5 Å². The molecule has 0 bridgehead atoms. The van der Waals surface area contributed by atoms with Crippen LogP contribution in [0.15, 0.2) is 6.07 Å². The summed E-state index contributed by atoms with van der Waals surface area (Å²) >= 11 is 5.48. The van der Waals surface area contributed by atoms with Crippen LogP contribution in [0.1, 0.15) is 28.9 Å². The standard InChI is InChI=1S/C10H6ClF2N3/c11-4-9-7(10(12)13)3-6(5-15)8(16-9)1-2-14/h3,10H,1,4H2. The van der Waals surface area contributed by atoms with E-state index in [1.165, 1.54) is 0 Å². The summed E-state index contributed by atoms with van der Waals surface area (Å²) in [5, 5.41) is 17.2. The maximum absolute atomic E-state index is 12.6. The Labute approximate surface area is 95.9 Å². The third-order valence-corrected chi connectivity index (χ3v) is 2.20. The van der Waals surface area contributed by atoms with Crippen molar-refractivity contribution < 1.29 is 8.78 Å². The summed E-state index contributed by atoms with van der Waals surface area (Å²) in [6, 6.07) is 4.60. The van der Waals surface area contributed by atoms with Gasteiger partial charge in [0.15, 0.2) is 0 Å². The Morgan fingerprint density at radius 1 is 1.38 bits per heavy atom. The second-order valence-corrected chi connectivity index (χ2v) is 3.17. The van der Waals surface area contributed by atoms with Gasteiger partial charge >= 0.3 is 0 Å². The Balaban J connectivity index is 3.36. The molecule has 82 valence electrons. The number of aromatic nitrogens is 1. The van der Waals surface area contributed by atoms with E-state index in [4.69, 9.17) is 22.1 Å². The molecular weight excluding hydrogens is 236 g/mol. The van der Waals surface area contributed by atoms with E-state index in [2.05, 4.69) is 4.98 Å². The summed E-state index contributed by atoms with van der Waals surface area (Å²) in [5.41, 5.74) is -0.162. The molecule has 0 saturated heterocycles. The summed E-state index contributed by atoms with van der Waals surface area (Å²) in [6.45, 7) is 0. The van der Waals surface area contributed by atoms with E-state index in [9.17, 15) is 8.78 Å². The minimum absolute atomic E-state index is 0.00860. The number of hydrogen-bond donors (Lipinski definition) is 0. The first-order chi connectivity index (χ1) is 7.63. The fraction of sp³-hybridized carbons (Fsp3) is 0.300. The number of pyridine rings is 1. The summed E-state index contributed by atoms with van der Waals surface area (Å²) in [5.74, 6) is -0.177. The van der Waals surface area contributed by atoms with Crippen molar-refractivity contribution in [3.63, 3.8) is 0 Å². The van der Waals surface area contributed by atoms with E-state index < -0.39 is 6.43 Å². The van der Waals surface area contributed by atoms with Crippen LogP contribution >= 0.6 is 11.6 Å². The van der Waals surface area contributed by atoms with Crippen LogP contribution in [-0.4, -0.2) is 4.98 Å². The van der Waals surface area contributed by atoms with Crippen molar-refractivity contribution >= 4 is 11.6 Å². The van der Waals surface area contributed by atoms with Gasteiger partial charge in [0.2, 0.25) is 0 Å². The molecular formula is C10H6ClF2N3. The highest BCUT2D eigenvalue weighted by Gasteiger charge is 2.17. The number of halogens is 3. The van der Waals surface area contributed by atoms with Crippen molar-refractivity contribution in [2.24, 2.45) is 0 Å². The van der Waals surface area contributed by atoms with Gasteiger partial charge in [0.25, 0.3) is 6.43 Å². The van der Waals surface area contributed by atoms with Crippen molar-refractivity contribution in [1.29, 1.82) is 10.5 Å². The van der Waals surface area contributed by atoms with E-state index >= 15 is 0 Å². The Bertz CT molecular complexity index is 474. The van der Waals surface area contributed by atoms with Crippen molar-refractivity contribution in [3.8, 4) is 12.1 Å². The molecule has 3 nitrogen and oxygen atoms in total. The molecule has 0 radical (unpaired) electrons. The second kappa shape index (κ2) is 5.39.